The Bertz CT molecular complexity index is 303. The average molecular weight is 217 g/mol. The highest BCUT2D eigenvalue weighted by molar-refractivity contribution is 6.33. The van der Waals surface area contributed by atoms with Gasteiger partial charge in [-0.3, -0.25) is 0 Å². The summed E-state index contributed by atoms with van der Waals surface area (Å²) in [6, 6.07) is 5.63. The third-order valence-electron chi connectivity index (χ3n) is 2.54. The fourth-order valence-electron chi connectivity index (χ4n) is 1.21. The SMILES string of the molecule is CCC(C)(C)c1cc(Cl)ccc1Cl. The van der Waals surface area contributed by atoms with E-state index >= 15 is 0 Å². The Morgan fingerprint density at radius 1 is 1.23 bits per heavy atom. The third-order valence-corrected chi connectivity index (χ3v) is 3.11. The molecule has 2 heteroatoms. The molecule has 0 heterocycles. The summed E-state index contributed by atoms with van der Waals surface area (Å²) >= 11 is 12.0. The summed E-state index contributed by atoms with van der Waals surface area (Å²) < 4.78 is 0. The number of halogens is 2. The Morgan fingerprint density at radius 3 is 2.38 bits per heavy atom. The monoisotopic (exact) mass is 216 g/mol. The van der Waals surface area contributed by atoms with Crippen LogP contribution in [0.2, 0.25) is 10.0 Å². The predicted octanol–water partition coefficient (Wildman–Crippen LogP) is 4.68. The van der Waals surface area contributed by atoms with Crippen molar-refractivity contribution in [2.45, 2.75) is 32.6 Å². The van der Waals surface area contributed by atoms with Crippen molar-refractivity contribution in [2.75, 3.05) is 0 Å². The van der Waals surface area contributed by atoms with Gasteiger partial charge in [0.1, 0.15) is 0 Å². The molecule has 0 saturated heterocycles. The zero-order valence-corrected chi connectivity index (χ0v) is 9.71. The lowest BCUT2D eigenvalue weighted by Gasteiger charge is -2.24. The summed E-state index contributed by atoms with van der Waals surface area (Å²) in [6.45, 7) is 6.49. The molecule has 0 saturated carbocycles. The van der Waals surface area contributed by atoms with Gasteiger partial charge in [0.25, 0.3) is 0 Å². The van der Waals surface area contributed by atoms with E-state index in [1.807, 2.05) is 18.2 Å². The minimum Gasteiger partial charge on any atom is -0.0843 e. The van der Waals surface area contributed by atoms with E-state index in [4.69, 9.17) is 23.2 Å². The topological polar surface area (TPSA) is 0 Å². The largest absolute Gasteiger partial charge is 0.0843 e. The van der Waals surface area contributed by atoms with Gasteiger partial charge in [-0.25, -0.2) is 0 Å². The van der Waals surface area contributed by atoms with Gasteiger partial charge in [0.05, 0.1) is 0 Å². The highest BCUT2D eigenvalue weighted by Crippen LogP contribution is 2.34. The van der Waals surface area contributed by atoms with Gasteiger partial charge >= 0.3 is 0 Å². The molecular formula is C11H14Cl2. The summed E-state index contributed by atoms with van der Waals surface area (Å²) in [5, 5.41) is 1.55. The maximum absolute atomic E-state index is 6.10. The molecule has 0 atom stereocenters. The van der Waals surface area contributed by atoms with Gasteiger partial charge in [0.15, 0.2) is 0 Å². The van der Waals surface area contributed by atoms with Crippen molar-refractivity contribution in [1.29, 1.82) is 0 Å². The van der Waals surface area contributed by atoms with E-state index < -0.39 is 0 Å². The summed E-state index contributed by atoms with van der Waals surface area (Å²) in [7, 11) is 0. The lowest BCUT2D eigenvalue weighted by atomic mass is 9.82. The molecule has 1 rings (SSSR count). The molecule has 0 radical (unpaired) electrons. The van der Waals surface area contributed by atoms with Gasteiger partial charge in [0, 0.05) is 10.0 Å². The molecule has 0 spiro atoms. The van der Waals surface area contributed by atoms with E-state index in [1.165, 1.54) is 0 Å². The zero-order valence-electron chi connectivity index (χ0n) is 8.20. The highest BCUT2D eigenvalue weighted by Gasteiger charge is 2.20. The maximum Gasteiger partial charge on any atom is 0.0444 e. The molecule has 0 aliphatic rings. The van der Waals surface area contributed by atoms with Crippen molar-refractivity contribution < 1.29 is 0 Å². The summed E-state index contributed by atoms with van der Waals surface area (Å²) in [5.74, 6) is 0. The normalized spacial score (nSPS) is 11.8. The second-order valence-corrected chi connectivity index (χ2v) is 4.71. The van der Waals surface area contributed by atoms with Gasteiger partial charge < -0.3 is 0 Å². The first-order chi connectivity index (χ1) is 5.97. The molecule has 0 N–H and O–H groups in total. The number of benzene rings is 1. The molecule has 0 nitrogen and oxygen atoms in total. The highest BCUT2D eigenvalue weighted by atomic mass is 35.5. The smallest absolute Gasteiger partial charge is 0.0444 e. The van der Waals surface area contributed by atoms with E-state index in [0.717, 1.165) is 22.0 Å². The van der Waals surface area contributed by atoms with Crippen LogP contribution in [-0.2, 0) is 5.41 Å². The molecule has 0 aliphatic carbocycles. The fourth-order valence-corrected chi connectivity index (χ4v) is 1.75. The Kier molecular flexibility index (Phi) is 3.26. The number of rotatable bonds is 2. The van der Waals surface area contributed by atoms with Crippen LogP contribution in [0.25, 0.3) is 0 Å². The minimum atomic E-state index is 0.0992. The number of hydrogen-bond donors (Lipinski definition) is 0. The molecule has 13 heavy (non-hydrogen) atoms. The summed E-state index contributed by atoms with van der Waals surface area (Å²) in [6.07, 6.45) is 1.05. The standard InChI is InChI=1S/C11H14Cl2/c1-4-11(2,3)9-7-8(12)5-6-10(9)13/h5-7H,4H2,1-3H3. The molecular weight excluding hydrogens is 203 g/mol. The quantitative estimate of drug-likeness (QED) is 0.674. The van der Waals surface area contributed by atoms with Gasteiger partial charge in [-0.1, -0.05) is 44.0 Å². The third kappa shape index (κ3) is 2.38. The first-order valence-corrected chi connectivity index (χ1v) is 5.18. The second kappa shape index (κ2) is 3.89. The van der Waals surface area contributed by atoms with Crippen LogP contribution in [0.3, 0.4) is 0 Å². The molecule has 0 unspecified atom stereocenters. The van der Waals surface area contributed by atoms with Crippen LogP contribution >= 0.6 is 23.2 Å². The van der Waals surface area contributed by atoms with Crippen LogP contribution in [0.1, 0.15) is 32.8 Å². The molecule has 1 aromatic carbocycles. The van der Waals surface area contributed by atoms with Crippen LogP contribution in [-0.4, -0.2) is 0 Å². The fraction of sp³-hybridized carbons (Fsp3) is 0.455. The lowest BCUT2D eigenvalue weighted by Crippen LogP contribution is -2.15. The maximum atomic E-state index is 6.10. The summed E-state index contributed by atoms with van der Waals surface area (Å²) in [4.78, 5) is 0. The predicted molar refractivity (Wildman–Crippen MR) is 59.8 cm³/mol. The Hall–Kier alpha value is -0.200. The number of hydrogen-bond acceptors (Lipinski definition) is 0. The van der Waals surface area contributed by atoms with Crippen molar-refractivity contribution >= 4 is 23.2 Å². The Labute approximate surface area is 89.9 Å². The molecule has 1 aromatic rings. The van der Waals surface area contributed by atoms with Gasteiger partial charge in [-0.2, -0.15) is 0 Å². The van der Waals surface area contributed by atoms with Crippen LogP contribution in [0.15, 0.2) is 18.2 Å². The molecule has 0 amide bonds. The van der Waals surface area contributed by atoms with Crippen LogP contribution in [0.5, 0.6) is 0 Å². The van der Waals surface area contributed by atoms with Gasteiger partial charge in [-0.05, 0) is 35.6 Å². The van der Waals surface area contributed by atoms with Crippen molar-refractivity contribution in [1.82, 2.24) is 0 Å². The molecule has 0 aliphatic heterocycles. The Morgan fingerprint density at radius 2 is 1.85 bits per heavy atom. The van der Waals surface area contributed by atoms with E-state index in [9.17, 15) is 0 Å². The van der Waals surface area contributed by atoms with Crippen molar-refractivity contribution in [2.24, 2.45) is 0 Å². The second-order valence-electron chi connectivity index (χ2n) is 3.86. The minimum absolute atomic E-state index is 0.0992. The van der Waals surface area contributed by atoms with Crippen LogP contribution in [0, 0.1) is 0 Å². The van der Waals surface area contributed by atoms with E-state index in [1.54, 1.807) is 0 Å². The Balaban J connectivity index is 3.20. The molecule has 72 valence electrons. The van der Waals surface area contributed by atoms with Gasteiger partial charge in [-0.15, -0.1) is 0 Å². The van der Waals surface area contributed by atoms with Crippen molar-refractivity contribution in [3.63, 3.8) is 0 Å². The van der Waals surface area contributed by atoms with E-state index in [-0.39, 0.29) is 5.41 Å². The van der Waals surface area contributed by atoms with Crippen LogP contribution < -0.4 is 0 Å². The average Bonchev–Trinajstić information content (AvgIpc) is 2.09. The zero-order chi connectivity index (χ0) is 10.1. The molecule has 0 fully saturated rings. The van der Waals surface area contributed by atoms with Crippen LogP contribution in [0.4, 0.5) is 0 Å². The van der Waals surface area contributed by atoms with Crippen molar-refractivity contribution in [3.05, 3.63) is 33.8 Å². The molecule has 0 bridgehead atoms. The first-order valence-electron chi connectivity index (χ1n) is 4.43. The summed E-state index contributed by atoms with van der Waals surface area (Å²) in [5.41, 5.74) is 1.23. The van der Waals surface area contributed by atoms with Crippen molar-refractivity contribution in [3.8, 4) is 0 Å². The van der Waals surface area contributed by atoms with Gasteiger partial charge in [0.2, 0.25) is 0 Å². The van der Waals surface area contributed by atoms with E-state index in [2.05, 4.69) is 20.8 Å². The lowest BCUT2D eigenvalue weighted by molar-refractivity contribution is 0.506. The van der Waals surface area contributed by atoms with E-state index in [0.29, 0.717) is 0 Å². The first kappa shape index (κ1) is 10.9. The molecule has 0 aromatic heterocycles.